The first kappa shape index (κ1) is 15.0. The molecule has 3 unspecified atom stereocenters. The zero-order valence-corrected chi connectivity index (χ0v) is 13.0. The largest absolute Gasteiger partial charge is 0.338 e. The summed E-state index contributed by atoms with van der Waals surface area (Å²) in [5, 5.41) is 0. The summed E-state index contributed by atoms with van der Waals surface area (Å²) in [7, 11) is 1.89. The minimum absolute atomic E-state index is 0.0114. The van der Waals surface area contributed by atoms with Gasteiger partial charge in [-0.1, -0.05) is 36.2 Å². The van der Waals surface area contributed by atoms with Gasteiger partial charge in [0.25, 0.3) is 0 Å². The van der Waals surface area contributed by atoms with Crippen molar-refractivity contribution in [2.24, 2.45) is 11.1 Å². The first-order valence-corrected chi connectivity index (χ1v) is 7.45. The highest BCUT2D eigenvalue weighted by molar-refractivity contribution is 5.83. The number of rotatable bonds is 3. The van der Waals surface area contributed by atoms with Gasteiger partial charge in [-0.2, -0.15) is 0 Å². The normalized spacial score (nSPS) is 27.4. The molecule has 1 saturated carbocycles. The van der Waals surface area contributed by atoms with Gasteiger partial charge in [-0.25, -0.2) is 0 Å². The van der Waals surface area contributed by atoms with Gasteiger partial charge in [0.1, 0.15) is 0 Å². The smallest absolute Gasteiger partial charge is 0.230 e. The van der Waals surface area contributed by atoms with E-state index in [1.54, 1.807) is 0 Å². The Morgan fingerprint density at radius 1 is 1.40 bits per heavy atom. The maximum atomic E-state index is 12.8. The van der Waals surface area contributed by atoms with Gasteiger partial charge in [0.15, 0.2) is 0 Å². The van der Waals surface area contributed by atoms with Crippen LogP contribution in [-0.2, 0) is 4.79 Å². The van der Waals surface area contributed by atoms with Gasteiger partial charge >= 0.3 is 0 Å². The molecule has 2 N–H and O–H groups in total. The number of aryl methyl sites for hydroxylation is 1. The zero-order valence-electron chi connectivity index (χ0n) is 13.0. The maximum Gasteiger partial charge on any atom is 0.230 e. The topological polar surface area (TPSA) is 46.3 Å². The molecular formula is C17H26N2O. The molecule has 110 valence electrons. The van der Waals surface area contributed by atoms with E-state index in [9.17, 15) is 4.79 Å². The minimum Gasteiger partial charge on any atom is -0.338 e. The lowest BCUT2D eigenvalue weighted by Crippen LogP contribution is -2.48. The lowest BCUT2D eigenvalue weighted by Gasteiger charge is -2.35. The number of carbonyl (C=O) groups is 1. The SMILES string of the molecule is Cc1ccc(C(C)N(C)C(=O)C2(C)CCCC2N)cc1. The van der Waals surface area contributed by atoms with Gasteiger partial charge in [-0.3, -0.25) is 4.79 Å². The molecule has 1 aliphatic carbocycles. The summed E-state index contributed by atoms with van der Waals surface area (Å²) in [4.78, 5) is 14.7. The molecule has 1 aromatic carbocycles. The Morgan fingerprint density at radius 2 is 2.00 bits per heavy atom. The van der Waals surface area contributed by atoms with E-state index in [1.807, 2.05) is 18.9 Å². The monoisotopic (exact) mass is 274 g/mol. The number of nitrogens with zero attached hydrogens (tertiary/aromatic N) is 1. The number of benzene rings is 1. The summed E-state index contributed by atoms with van der Waals surface area (Å²) in [5.74, 6) is 0.176. The molecule has 1 fully saturated rings. The van der Waals surface area contributed by atoms with Crippen LogP contribution in [0.1, 0.15) is 50.3 Å². The third-order valence-electron chi connectivity index (χ3n) is 4.98. The van der Waals surface area contributed by atoms with Crippen molar-refractivity contribution in [1.82, 2.24) is 4.90 Å². The van der Waals surface area contributed by atoms with Gasteiger partial charge in [-0.05, 0) is 39.2 Å². The quantitative estimate of drug-likeness (QED) is 0.921. The Morgan fingerprint density at radius 3 is 2.50 bits per heavy atom. The van der Waals surface area contributed by atoms with E-state index in [1.165, 1.54) is 11.1 Å². The standard InChI is InChI=1S/C17H26N2O/c1-12-7-9-14(10-8-12)13(2)19(4)16(20)17(3)11-5-6-15(17)18/h7-10,13,15H,5-6,11,18H2,1-4H3. The highest BCUT2D eigenvalue weighted by atomic mass is 16.2. The van der Waals surface area contributed by atoms with E-state index in [0.29, 0.717) is 0 Å². The Balaban J connectivity index is 2.16. The van der Waals surface area contributed by atoms with Gasteiger partial charge in [0, 0.05) is 13.1 Å². The van der Waals surface area contributed by atoms with Crippen LogP contribution in [0.25, 0.3) is 0 Å². The van der Waals surface area contributed by atoms with E-state index < -0.39 is 5.41 Å². The van der Waals surface area contributed by atoms with Gasteiger partial charge < -0.3 is 10.6 Å². The molecule has 0 aromatic heterocycles. The van der Waals surface area contributed by atoms with Crippen LogP contribution in [0.15, 0.2) is 24.3 Å². The highest BCUT2D eigenvalue weighted by Gasteiger charge is 2.45. The third kappa shape index (κ3) is 2.59. The molecule has 1 aliphatic rings. The lowest BCUT2D eigenvalue weighted by molar-refractivity contribution is -0.142. The zero-order chi connectivity index (χ0) is 14.9. The Hall–Kier alpha value is -1.35. The molecule has 0 spiro atoms. The molecule has 1 amide bonds. The number of hydrogen-bond donors (Lipinski definition) is 1. The summed E-state index contributed by atoms with van der Waals surface area (Å²) >= 11 is 0. The van der Waals surface area contributed by atoms with Crippen LogP contribution in [0.2, 0.25) is 0 Å². The van der Waals surface area contributed by atoms with Crippen molar-refractivity contribution in [3.05, 3.63) is 35.4 Å². The first-order chi connectivity index (χ1) is 9.36. The molecule has 3 heteroatoms. The molecule has 0 bridgehead atoms. The average Bonchev–Trinajstić information content (AvgIpc) is 2.78. The van der Waals surface area contributed by atoms with Crippen molar-refractivity contribution in [2.45, 2.75) is 52.1 Å². The second kappa shape index (κ2) is 5.57. The van der Waals surface area contributed by atoms with Crippen LogP contribution in [-0.4, -0.2) is 23.9 Å². The fourth-order valence-corrected chi connectivity index (χ4v) is 3.11. The summed E-state index contributed by atoms with van der Waals surface area (Å²) in [6, 6.07) is 8.44. The summed E-state index contributed by atoms with van der Waals surface area (Å²) in [6.07, 6.45) is 2.91. The molecule has 3 atom stereocenters. The molecule has 1 aromatic rings. The van der Waals surface area contributed by atoms with E-state index in [0.717, 1.165) is 19.3 Å². The highest BCUT2D eigenvalue weighted by Crippen LogP contribution is 2.39. The minimum atomic E-state index is -0.395. The van der Waals surface area contributed by atoms with Gasteiger partial charge in [0.2, 0.25) is 5.91 Å². The Kier molecular flexibility index (Phi) is 4.19. The van der Waals surface area contributed by atoms with E-state index in [2.05, 4.69) is 38.1 Å². The molecule has 0 radical (unpaired) electrons. The molecule has 2 rings (SSSR count). The van der Waals surface area contributed by atoms with Crippen molar-refractivity contribution >= 4 is 5.91 Å². The molecule has 20 heavy (non-hydrogen) atoms. The average molecular weight is 274 g/mol. The summed E-state index contributed by atoms with van der Waals surface area (Å²) in [5.41, 5.74) is 8.17. The summed E-state index contributed by atoms with van der Waals surface area (Å²) in [6.45, 7) is 6.17. The van der Waals surface area contributed by atoms with E-state index >= 15 is 0 Å². The second-order valence-corrected chi connectivity index (χ2v) is 6.42. The van der Waals surface area contributed by atoms with Crippen molar-refractivity contribution in [3.63, 3.8) is 0 Å². The van der Waals surface area contributed by atoms with Crippen molar-refractivity contribution in [3.8, 4) is 0 Å². The Bertz CT molecular complexity index is 482. The van der Waals surface area contributed by atoms with E-state index in [-0.39, 0.29) is 18.0 Å². The number of amides is 1. The van der Waals surface area contributed by atoms with Gasteiger partial charge in [-0.15, -0.1) is 0 Å². The molecule has 0 heterocycles. The maximum absolute atomic E-state index is 12.8. The number of nitrogens with two attached hydrogens (primary N) is 1. The van der Waals surface area contributed by atoms with Crippen LogP contribution >= 0.6 is 0 Å². The van der Waals surface area contributed by atoms with Gasteiger partial charge in [0.05, 0.1) is 11.5 Å². The number of hydrogen-bond acceptors (Lipinski definition) is 2. The van der Waals surface area contributed by atoms with Crippen LogP contribution in [0.5, 0.6) is 0 Å². The van der Waals surface area contributed by atoms with Crippen LogP contribution < -0.4 is 5.73 Å². The lowest BCUT2D eigenvalue weighted by atomic mass is 9.83. The van der Waals surface area contributed by atoms with Crippen molar-refractivity contribution in [1.29, 1.82) is 0 Å². The predicted molar refractivity (Wildman–Crippen MR) is 82.3 cm³/mol. The second-order valence-electron chi connectivity index (χ2n) is 6.42. The van der Waals surface area contributed by atoms with Crippen molar-refractivity contribution in [2.75, 3.05) is 7.05 Å². The third-order valence-corrected chi connectivity index (χ3v) is 4.98. The number of carbonyl (C=O) groups excluding carboxylic acids is 1. The molecule has 0 aliphatic heterocycles. The van der Waals surface area contributed by atoms with Crippen LogP contribution in [0, 0.1) is 12.3 Å². The predicted octanol–water partition coefficient (Wildman–Crippen LogP) is 3.03. The molecule has 3 nitrogen and oxygen atoms in total. The Labute approximate surface area is 122 Å². The molecular weight excluding hydrogens is 248 g/mol. The van der Waals surface area contributed by atoms with Crippen LogP contribution in [0.4, 0.5) is 0 Å². The molecule has 0 saturated heterocycles. The first-order valence-electron chi connectivity index (χ1n) is 7.45. The van der Waals surface area contributed by atoms with Crippen LogP contribution in [0.3, 0.4) is 0 Å². The van der Waals surface area contributed by atoms with Crippen molar-refractivity contribution < 1.29 is 4.79 Å². The van der Waals surface area contributed by atoms with E-state index in [4.69, 9.17) is 5.73 Å². The fraction of sp³-hybridized carbons (Fsp3) is 0.588. The summed E-state index contributed by atoms with van der Waals surface area (Å²) < 4.78 is 0. The fourth-order valence-electron chi connectivity index (χ4n) is 3.11.